The van der Waals surface area contributed by atoms with Gasteiger partial charge in [0.05, 0.1) is 7.11 Å². The standard InChI is InChI=1S/C16H14ClF2N3O2/c1-24-16(23)13-12(17)15(22-14(21-13)8-2-3-8)20-7-9-6-10(18)4-5-11(9)19/h4-6,8H,2-3,7H2,1H3,(H,20,21,22). The zero-order chi connectivity index (χ0) is 17.3. The van der Waals surface area contributed by atoms with E-state index in [0.29, 0.717) is 5.82 Å². The van der Waals surface area contributed by atoms with Crippen LogP contribution in [0.5, 0.6) is 0 Å². The Morgan fingerprint density at radius 1 is 1.38 bits per heavy atom. The van der Waals surface area contributed by atoms with E-state index in [-0.39, 0.29) is 34.6 Å². The molecule has 0 atom stereocenters. The first-order valence-electron chi connectivity index (χ1n) is 7.33. The van der Waals surface area contributed by atoms with Gasteiger partial charge in [-0.05, 0) is 31.0 Å². The molecule has 1 saturated carbocycles. The zero-order valence-electron chi connectivity index (χ0n) is 12.8. The molecule has 2 aromatic rings. The molecule has 1 aromatic heterocycles. The lowest BCUT2D eigenvalue weighted by Gasteiger charge is -2.12. The summed E-state index contributed by atoms with van der Waals surface area (Å²) < 4.78 is 31.6. The number of nitrogens with one attached hydrogen (secondary N) is 1. The molecule has 0 radical (unpaired) electrons. The Kier molecular flexibility index (Phi) is 4.62. The smallest absolute Gasteiger partial charge is 0.358 e. The van der Waals surface area contributed by atoms with E-state index in [4.69, 9.17) is 11.6 Å². The van der Waals surface area contributed by atoms with Gasteiger partial charge in [0.1, 0.15) is 28.3 Å². The van der Waals surface area contributed by atoms with Crippen molar-refractivity contribution in [1.82, 2.24) is 9.97 Å². The van der Waals surface area contributed by atoms with Crippen LogP contribution in [0.15, 0.2) is 18.2 Å². The van der Waals surface area contributed by atoms with Gasteiger partial charge in [-0.15, -0.1) is 0 Å². The molecule has 0 bridgehead atoms. The quantitative estimate of drug-likeness (QED) is 0.831. The van der Waals surface area contributed by atoms with E-state index in [1.165, 1.54) is 7.11 Å². The number of rotatable bonds is 5. The Hall–Kier alpha value is -2.28. The van der Waals surface area contributed by atoms with Crippen LogP contribution in [-0.4, -0.2) is 23.0 Å². The Morgan fingerprint density at radius 3 is 2.79 bits per heavy atom. The van der Waals surface area contributed by atoms with Crippen molar-refractivity contribution in [2.45, 2.75) is 25.3 Å². The maximum atomic E-state index is 13.7. The summed E-state index contributed by atoms with van der Waals surface area (Å²) in [6, 6.07) is 3.17. The Morgan fingerprint density at radius 2 is 2.12 bits per heavy atom. The van der Waals surface area contributed by atoms with Crippen LogP contribution in [0.25, 0.3) is 0 Å². The van der Waals surface area contributed by atoms with Crippen molar-refractivity contribution in [2.24, 2.45) is 0 Å². The molecule has 1 aromatic carbocycles. The van der Waals surface area contributed by atoms with Crippen LogP contribution in [0.1, 0.15) is 40.6 Å². The first-order valence-corrected chi connectivity index (χ1v) is 7.71. The zero-order valence-corrected chi connectivity index (χ0v) is 13.5. The number of methoxy groups -OCH3 is 1. The molecule has 0 aliphatic heterocycles. The molecule has 0 saturated heterocycles. The van der Waals surface area contributed by atoms with Crippen molar-refractivity contribution in [2.75, 3.05) is 12.4 Å². The van der Waals surface area contributed by atoms with Crippen LogP contribution in [0.2, 0.25) is 5.02 Å². The van der Waals surface area contributed by atoms with Crippen molar-refractivity contribution < 1.29 is 18.3 Å². The number of esters is 1. The van der Waals surface area contributed by atoms with E-state index in [9.17, 15) is 13.6 Å². The molecule has 0 unspecified atom stereocenters. The second-order valence-electron chi connectivity index (χ2n) is 5.45. The molecule has 1 fully saturated rings. The normalized spacial score (nSPS) is 13.7. The number of aromatic nitrogens is 2. The first-order chi connectivity index (χ1) is 11.5. The SMILES string of the molecule is COC(=O)c1nc(C2CC2)nc(NCc2cc(F)ccc2F)c1Cl. The predicted molar refractivity (Wildman–Crippen MR) is 84.0 cm³/mol. The van der Waals surface area contributed by atoms with Crippen molar-refractivity contribution >= 4 is 23.4 Å². The molecule has 3 rings (SSSR count). The minimum absolute atomic E-state index is 0.0111. The molecule has 1 aliphatic carbocycles. The molecule has 1 aliphatic rings. The van der Waals surface area contributed by atoms with Crippen LogP contribution in [-0.2, 0) is 11.3 Å². The Labute approximate surface area is 142 Å². The molecule has 0 amide bonds. The highest BCUT2D eigenvalue weighted by atomic mass is 35.5. The van der Waals surface area contributed by atoms with Gasteiger partial charge in [0.15, 0.2) is 5.69 Å². The van der Waals surface area contributed by atoms with Gasteiger partial charge in [0, 0.05) is 18.0 Å². The van der Waals surface area contributed by atoms with Crippen LogP contribution in [0.4, 0.5) is 14.6 Å². The third-order valence-electron chi connectivity index (χ3n) is 3.64. The maximum absolute atomic E-state index is 13.7. The largest absolute Gasteiger partial charge is 0.464 e. The fourth-order valence-corrected chi connectivity index (χ4v) is 2.42. The molecule has 8 heteroatoms. The highest BCUT2D eigenvalue weighted by Gasteiger charge is 2.30. The van der Waals surface area contributed by atoms with Crippen LogP contribution in [0, 0.1) is 11.6 Å². The van der Waals surface area contributed by atoms with E-state index in [0.717, 1.165) is 31.0 Å². The average molecular weight is 354 g/mol. The molecule has 0 spiro atoms. The number of nitrogens with zero attached hydrogens (tertiary/aromatic N) is 2. The highest BCUT2D eigenvalue weighted by Crippen LogP contribution is 2.39. The lowest BCUT2D eigenvalue weighted by atomic mass is 10.2. The van der Waals surface area contributed by atoms with E-state index in [1.807, 2.05) is 0 Å². The van der Waals surface area contributed by atoms with Crippen LogP contribution in [0.3, 0.4) is 0 Å². The van der Waals surface area contributed by atoms with Crippen LogP contribution < -0.4 is 5.32 Å². The number of carbonyl (C=O) groups is 1. The third kappa shape index (κ3) is 3.46. The Bertz CT molecular complexity index is 797. The molecular formula is C16H14ClF2N3O2. The van der Waals surface area contributed by atoms with Gasteiger partial charge in [-0.25, -0.2) is 23.5 Å². The fourth-order valence-electron chi connectivity index (χ4n) is 2.20. The minimum atomic E-state index is -0.677. The summed E-state index contributed by atoms with van der Waals surface area (Å²) in [5, 5.41) is 2.83. The van der Waals surface area contributed by atoms with Gasteiger partial charge in [-0.1, -0.05) is 11.6 Å². The molecular weight excluding hydrogens is 340 g/mol. The lowest BCUT2D eigenvalue weighted by Crippen LogP contribution is -2.13. The molecule has 5 nitrogen and oxygen atoms in total. The van der Waals surface area contributed by atoms with Gasteiger partial charge >= 0.3 is 5.97 Å². The summed E-state index contributed by atoms with van der Waals surface area (Å²) in [5.41, 5.74) is 0.0792. The summed E-state index contributed by atoms with van der Waals surface area (Å²) in [6.45, 7) is -0.0367. The van der Waals surface area contributed by atoms with Crippen molar-refractivity contribution in [3.05, 3.63) is 51.9 Å². The molecule has 1 N–H and O–H groups in total. The average Bonchev–Trinajstić information content (AvgIpc) is 3.41. The number of hydrogen-bond acceptors (Lipinski definition) is 5. The van der Waals surface area contributed by atoms with Gasteiger partial charge < -0.3 is 10.1 Å². The summed E-state index contributed by atoms with van der Waals surface area (Å²) in [7, 11) is 1.23. The minimum Gasteiger partial charge on any atom is -0.464 e. The summed E-state index contributed by atoms with van der Waals surface area (Å²) in [5.74, 6) is -0.915. The van der Waals surface area contributed by atoms with Crippen LogP contribution >= 0.6 is 11.6 Å². The number of ether oxygens (including phenoxy) is 1. The Balaban J connectivity index is 1.90. The van der Waals surface area contributed by atoms with Crippen molar-refractivity contribution in [1.29, 1.82) is 0 Å². The second-order valence-corrected chi connectivity index (χ2v) is 5.83. The third-order valence-corrected chi connectivity index (χ3v) is 4.00. The number of carbonyl (C=O) groups excluding carboxylic acids is 1. The summed E-state index contributed by atoms with van der Waals surface area (Å²) >= 11 is 6.16. The maximum Gasteiger partial charge on any atom is 0.358 e. The molecule has 1 heterocycles. The van der Waals surface area contributed by atoms with E-state index in [2.05, 4.69) is 20.0 Å². The van der Waals surface area contributed by atoms with Gasteiger partial charge in [-0.2, -0.15) is 0 Å². The molecule has 126 valence electrons. The van der Waals surface area contributed by atoms with Gasteiger partial charge in [-0.3, -0.25) is 0 Å². The number of halogens is 3. The highest BCUT2D eigenvalue weighted by molar-refractivity contribution is 6.35. The van der Waals surface area contributed by atoms with Gasteiger partial charge in [0.2, 0.25) is 0 Å². The number of benzene rings is 1. The van der Waals surface area contributed by atoms with Crippen molar-refractivity contribution in [3.8, 4) is 0 Å². The topological polar surface area (TPSA) is 64.1 Å². The fraction of sp³-hybridized carbons (Fsp3) is 0.312. The lowest BCUT2D eigenvalue weighted by molar-refractivity contribution is 0.0593. The predicted octanol–water partition coefficient (Wildman–Crippen LogP) is 3.68. The van der Waals surface area contributed by atoms with Gasteiger partial charge in [0.25, 0.3) is 0 Å². The first kappa shape index (κ1) is 16.6. The van der Waals surface area contributed by atoms with E-state index < -0.39 is 17.6 Å². The van der Waals surface area contributed by atoms with E-state index in [1.54, 1.807) is 0 Å². The van der Waals surface area contributed by atoms with Crippen molar-refractivity contribution in [3.63, 3.8) is 0 Å². The molecule has 24 heavy (non-hydrogen) atoms. The monoisotopic (exact) mass is 353 g/mol. The number of anilines is 1. The number of hydrogen-bond donors (Lipinski definition) is 1. The second kappa shape index (κ2) is 6.68. The summed E-state index contributed by atoms with van der Waals surface area (Å²) in [4.78, 5) is 20.3. The van der Waals surface area contributed by atoms with E-state index >= 15 is 0 Å². The summed E-state index contributed by atoms with van der Waals surface area (Å²) in [6.07, 6.45) is 1.86.